The molecule has 0 aromatic heterocycles. The van der Waals surface area contributed by atoms with Gasteiger partial charge in [0.2, 0.25) is 0 Å². The molecule has 0 spiro atoms. The summed E-state index contributed by atoms with van der Waals surface area (Å²) in [5, 5.41) is 36.1. The SMILES string of the molecule is CC.CC.CC.CC.CC.CC.CC(C)(C)c1ccc(O)c(C(C)(C)C)c1.CCOC(=O)C(OC)c1ccc(OC)cc1.CS(C)(C)Oc1ccc(C=O)cc1OS(C)(C)C.O=C(O)[C@@H](O)c1ccc(O)cc1. The standard InChI is InChI=1S/C14H22O.C13H22O3S2.C12H16O4.C8H8O4.6C2H6/c1-13(2,3)10-7-8-12(15)11(9-10)14(4,5)6;1-17(2,3)15-12-8-7-11(10-14)9-13(12)16-18(4,5)6;1-4-16-12(13)11(15-3)9-5-7-10(14-2)8-6-9;9-6-3-1-5(2-4-6)7(10)8(11)12;6*1-2/h7-9,15H,1-6H3;7-10H,1-6H3;5-8,11H,4H2,1-3H3;1-4,7,9-10H,(H,11,12);6*1-2H3/t;;;7-;;;;;;/m...0....../s1. The van der Waals surface area contributed by atoms with E-state index in [-0.39, 0.29) is 28.1 Å². The normalized spacial score (nSPS) is 11.2. The zero-order valence-corrected chi connectivity index (χ0v) is 52.0. The van der Waals surface area contributed by atoms with E-state index in [1.54, 1.807) is 56.5 Å². The Morgan fingerprint density at radius 1 is 0.603 bits per heavy atom. The molecular weight excluding hydrogens is 965 g/mol. The van der Waals surface area contributed by atoms with Crippen LogP contribution in [0.5, 0.6) is 28.7 Å². The van der Waals surface area contributed by atoms with Gasteiger partial charge in [0.05, 0.1) is 13.7 Å². The molecule has 424 valence electrons. The third-order valence-corrected chi connectivity index (χ3v) is 9.41. The summed E-state index contributed by atoms with van der Waals surface area (Å²) in [6.45, 7) is 39.0. The lowest BCUT2D eigenvalue weighted by Gasteiger charge is -2.31. The summed E-state index contributed by atoms with van der Waals surface area (Å²) >= 11 is 0. The van der Waals surface area contributed by atoms with Crippen molar-refractivity contribution in [2.75, 3.05) is 58.4 Å². The number of methoxy groups -OCH3 is 2. The highest BCUT2D eigenvalue weighted by Gasteiger charge is 2.23. The van der Waals surface area contributed by atoms with E-state index in [1.807, 2.05) is 114 Å². The highest BCUT2D eigenvalue weighted by atomic mass is 32.3. The molecule has 0 heterocycles. The second-order valence-electron chi connectivity index (χ2n) is 17.1. The molecule has 0 aliphatic carbocycles. The lowest BCUT2D eigenvalue weighted by atomic mass is 9.80. The Hall–Kier alpha value is -4.89. The quantitative estimate of drug-likeness (QED) is 0.0781. The molecule has 0 radical (unpaired) electrons. The number of ether oxygens (including phenoxy) is 3. The van der Waals surface area contributed by atoms with E-state index in [0.717, 1.165) is 23.2 Å². The van der Waals surface area contributed by atoms with Crippen molar-refractivity contribution in [3.05, 3.63) is 113 Å². The summed E-state index contributed by atoms with van der Waals surface area (Å²) in [4.78, 5) is 32.7. The number of aromatic hydroxyl groups is 2. The van der Waals surface area contributed by atoms with Crippen LogP contribution < -0.4 is 13.1 Å². The Labute approximate surface area is 448 Å². The number of hydrogen-bond donors (Lipinski definition) is 4. The van der Waals surface area contributed by atoms with Crippen molar-refractivity contribution < 1.29 is 57.4 Å². The first-order valence-corrected chi connectivity index (χ1v) is 30.8. The lowest BCUT2D eigenvalue weighted by Crippen LogP contribution is -2.17. The molecule has 0 aliphatic heterocycles. The molecule has 0 saturated heterocycles. The van der Waals surface area contributed by atoms with Gasteiger partial charge in [-0.2, -0.15) is 0 Å². The third-order valence-electron chi connectivity index (χ3n) is 8.05. The fourth-order valence-corrected chi connectivity index (χ4v) is 6.38. The van der Waals surface area contributed by atoms with Crippen LogP contribution in [0.4, 0.5) is 0 Å². The number of carbonyl (C=O) groups is 3. The highest BCUT2D eigenvalue weighted by molar-refractivity contribution is 8.28. The molecule has 0 bridgehead atoms. The number of carboxylic acid groups (broad SMARTS) is 1. The van der Waals surface area contributed by atoms with Gasteiger partial charge < -0.3 is 43.0 Å². The van der Waals surface area contributed by atoms with E-state index >= 15 is 0 Å². The molecular formula is C59H104O12S2. The van der Waals surface area contributed by atoms with E-state index in [0.29, 0.717) is 29.4 Å². The number of benzene rings is 4. The van der Waals surface area contributed by atoms with E-state index in [2.05, 4.69) is 66.4 Å². The summed E-state index contributed by atoms with van der Waals surface area (Å²) in [6, 6.07) is 23.7. The fourth-order valence-electron chi connectivity index (χ4n) is 5.04. The van der Waals surface area contributed by atoms with Gasteiger partial charge in [-0.25, -0.2) is 9.59 Å². The number of aliphatic hydroxyl groups excluding tert-OH is 1. The molecule has 4 rings (SSSR count). The molecule has 12 nitrogen and oxygen atoms in total. The predicted molar refractivity (Wildman–Crippen MR) is 317 cm³/mol. The van der Waals surface area contributed by atoms with Crippen molar-refractivity contribution >= 4 is 38.8 Å². The molecule has 0 fully saturated rings. The first kappa shape index (κ1) is 79.5. The van der Waals surface area contributed by atoms with Crippen LogP contribution in [0, 0.1) is 0 Å². The maximum atomic E-state index is 11.6. The zero-order chi connectivity index (χ0) is 58.9. The second-order valence-corrected chi connectivity index (χ2v) is 24.4. The van der Waals surface area contributed by atoms with Crippen molar-refractivity contribution in [1.82, 2.24) is 0 Å². The van der Waals surface area contributed by atoms with Crippen molar-refractivity contribution in [2.24, 2.45) is 0 Å². The van der Waals surface area contributed by atoms with Crippen LogP contribution in [-0.4, -0.2) is 97.0 Å². The summed E-state index contributed by atoms with van der Waals surface area (Å²) in [5.41, 5.74) is 4.02. The number of hydrogen-bond acceptors (Lipinski definition) is 11. The largest absolute Gasteiger partial charge is 0.508 e. The lowest BCUT2D eigenvalue weighted by molar-refractivity contribution is -0.155. The average Bonchev–Trinajstić information content (AvgIpc) is 3.35. The van der Waals surface area contributed by atoms with Gasteiger partial charge in [0, 0.05) is 12.7 Å². The van der Waals surface area contributed by atoms with Crippen molar-refractivity contribution in [1.29, 1.82) is 0 Å². The first-order chi connectivity index (χ1) is 34.1. The van der Waals surface area contributed by atoms with Crippen LogP contribution in [0.1, 0.15) is 176 Å². The molecule has 14 heteroatoms. The van der Waals surface area contributed by atoms with Gasteiger partial charge in [-0.1, -0.05) is 161 Å². The average molecular weight is 1070 g/mol. The minimum absolute atomic E-state index is 0.00859. The molecule has 0 amide bonds. The number of aliphatic hydroxyl groups is 1. The number of rotatable bonds is 12. The van der Waals surface area contributed by atoms with Gasteiger partial charge in [-0.15, -0.1) is 20.6 Å². The summed E-state index contributed by atoms with van der Waals surface area (Å²) in [7, 11) is 0.769. The Morgan fingerprint density at radius 3 is 1.40 bits per heavy atom. The molecule has 73 heavy (non-hydrogen) atoms. The highest BCUT2D eigenvalue weighted by Crippen LogP contribution is 2.47. The number of aldehydes is 1. The molecule has 2 atom stereocenters. The molecule has 4 aromatic rings. The van der Waals surface area contributed by atoms with Crippen LogP contribution >= 0.6 is 20.6 Å². The van der Waals surface area contributed by atoms with Crippen LogP contribution in [0.25, 0.3) is 0 Å². The first-order valence-electron chi connectivity index (χ1n) is 25.3. The monoisotopic (exact) mass is 1070 g/mol. The number of phenols is 2. The van der Waals surface area contributed by atoms with Gasteiger partial charge >= 0.3 is 11.9 Å². The van der Waals surface area contributed by atoms with Crippen molar-refractivity contribution in [3.8, 4) is 28.7 Å². The van der Waals surface area contributed by atoms with Gasteiger partial charge in [-0.3, -0.25) is 4.79 Å². The van der Waals surface area contributed by atoms with E-state index in [4.69, 9.17) is 37.9 Å². The van der Waals surface area contributed by atoms with E-state index in [1.165, 1.54) is 36.9 Å². The van der Waals surface area contributed by atoms with Gasteiger partial charge in [0.1, 0.15) is 23.5 Å². The zero-order valence-electron chi connectivity index (χ0n) is 50.4. The van der Waals surface area contributed by atoms with Crippen molar-refractivity contribution in [3.63, 3.8) is 0 Å². The Bertz CT molecular complexity index is 1970. The van der Waals surface area contributed by atoms with Crippen LogP contribution in [0.2, 0.25) is 0 Å². The Morgan fingerprint density at radius 2 is 1.04 bits per heavy atom. The van der Waals surface area contributed by atoms with Crippen molar-refractivity contribution in [2.45, 2.75) is 155 Å². The summed E-state index contributed by atoms with van der Waals surface area (Å²) in [6.07, 6.45) is 11.0. The smallest absolute Gasteiger partial charge is 0.339 e. The molecule has 4 aromatic carbocycles. The summed E-state index contributed by atoms with van der Waals surface area (Å²) in [5.74, 6) is 0.861. The van der Waals surface area contributed by atoms with Crippen LogP contribution in [-0.2, 0) is 29.9 Å². The molecule has 0 saturated carbocycles. The maximum Gasteiger partial charge on any atom is 0.339 e. The van der Waals surface area contributed by atoms with Gasteiger partial charge in [0.25, 0.3) is 0 Å². The number of carbonyl (C=O) groups excluding carboxylic acids is 2. The number of esters is 1. The van der Waals surface area contributed by atoms with Gasteiger partial charge in [-0.05, 0) is 126 Å². The van der Waals surface area contributed by atoms with E-state index < -0.39 is 38.8 Å². The maximum absolute atomic E-state index is 11.6. The summed E-state index contributed by atoms with van der Waals surface area (Å²) < 4.78 is 26.9. The number of phenolic OH excluding ortho intramolecular Hbond substituents is 2. The minimum atomic E-state index is -1.52. The molecule has 0 aliphatic rings. The third kappa shape index (κ3) is 36.6. The topological polar surface area (TPSA) is 178 Å². The molecule has 4 N–H and O–H groups in total. The van der Waals surface area contributed by atoms with Crippen LogP contribution in [0.3, 0.4) is 0 Å². The number of aliphatic carboxylic acids is 1. The Kier molecular flexibility index (Phi) is 47.4. The molecule has 1 unspecified atom stereocenters. The number of carboxylic acids is 1. The van der Waals surface area contributed by atoms with E-state index in [9.17, 15) is 19.5 Å². The predicted octanol–water partition coefficient (Wildman–Crippen LogP) is 16.1. The minimum Gasteiger partial charge on any atom is -0.508 e. The Balaban J connectivity index is -0.000000192. The fraction of sp³-hybridized carbons (Fsp3) is 0.542. The van der Waals surface area contributed by atoms with Crippen LogP contribution in [0.15, 0.2) is 84.9 Å². The van der Waals surface area contributed by atoms with Gasteiger partial charge in [0.15, 0.2) is 23.7 Å². The second kappa shape index (κ2) is 43.5.